The fourth-order valence-electron chi connectivity index (χ4n) is 1.40. The molecule has 0 radical (unpaired) electrons. The third-order valence-electron chi connectivity index (χ3n) is 2.25. The number of benzene rings is 1. The van der Waals surface area contributed by atoms with Crippen LogP contribution in [0.4, 0.5) is 0 Å². The van der Waals surface area contributed by atoms with E-state index in [0.29, 0.717) is 6.42 Å². The van der Waals surface area contributed by atoms with Gasteiger partial charge in [-0.2, -0.15) is 0 Å². The lowest BCUT2D eigenvalue weighted by molar-refractivity contribution is -0.138. The topological polar surface area (TPSA) is 66.4 Å². The molecule has 0 saturated carbocycles. The first-order valence-electron chi connectivity index (χ1n) is 6.13. The second-order valence-electron chi connectivity index (χ2n) is 3.70. The molecule has 1 aromatic rings. The Kier molecular flexibility index (Phi) is 8.27. The molecule has 100 valence electrons. The number of amides is 1. The summed E-state index contributed by atoms with van der Waals surface area (Å²) in [5.41, 5.74) is 1.07. The van der Waals surface area contributed by atoms with Crippen molar-refractivity contribution in [2.45, 2.75) is 27.2 Å². The molecular formula is C14H21NO3. The molecule has 0 aliphatic carbocycles. The normalized spacial score (nSPS) is 10.8. The van der Waals surface area contributed by atoms with E-state index in [1.54, 1.807) is 6.92 Å². The van der Waals surface area contributed by atoms with Gasteiger partial charge in [0.25, 0.3) is 0 Å². The molecule has 0 aliphatic heterocycles. The quantitative estimate of drug-likeness (QED) is 0.842. The third-order valence-corrected chi connectivity index (χ3v) is 2.25. The highest BCUT2D eigenvalue weighted by Gasteiger charge is 2.13. The minimum Gasteiger partial charge on any atom is -0.480 e. The van der Waals surface area contributed by atoms with Crippen LogP contribution in [0.25, 0.3) is 0 Å². The molecule has 0 bridgehead atoms. The van der Waals surface area contributed by atoms with E-state index in [9.17, 15) is 9.59 Å². The summed E-state index contributed by atoms with van der Waals surface area (Å²) in [7, 11) is 0. The molecule has 1 unspecified atom stereocenters. The van der Waals surface area contributed by atoms with E-state index in [2.05, 4.69) is 5.32 Å². The number of nitrogens with one attached hydrogen (secondary N) is 1. The number of aliphatic carboxylic acids is 1. The highest BCUT2D eigenvalue weighted by molar-refractivity contribution is 5.82. The fraction of sp³-hybridized carbons (Fsp3) is 0.429. The molecule has 1 aromatic carbocycles. The maximum Gasteiger partial charge on any atom is 0.322 e. The summed E-state index contributed by atoms with van der Waals surface area (Å²) in [6.45, 7) is 5.46. The van der Waals surface area contributed by atoms with Crippen LogP contribution in [-0.4, -0.2) is 23.5 Å². The first kappa shape index (κ1) is 16.2. The third kappa shape index (κ3) is 6.68. The van der Waals surface area contributed by atoms with Gasteiger partial charge in [0.2, 0.25) is 5.91 Å². The molecular weight excluding hydrogens is 230 g/mol. The summed E-state index contributed by atoms with van der Waals surface area (Å²) in [5, 5.41) is 10.8. The van der Waals surface area contributed by atoms with Crippen LogP contribution < -0.4 is 5.32 Å². The summed E-state index contributed by atoms with van der Waals surface area (Å²) in [6.07, 6.45) is 0.617. The Balaban J connectivity index is 0.00000137. The lowest BCUT2D eigenvalue weighted by atomic mass is 10.0. The van der Waals surface area contributed by atoms with Crippen molar-refractivity contribution < 1.29 is 14.7 Å². The average Bonchev–Trinajstić information content (AvgIpc) is 2.39. The van der Waals surface area contributed by atoms with Crippen LogP contribution in [-0.2, 0) is 16.0 Å². The number of rotatable bonds is 5. The molecule has 0 spiro atoms. The Morgan fingerprint density at radius 1 is 1.22 bits per heavy atom. The van der Waals surface area contributed by atoms with E-state index in [-0.39, 0.29) is 18.4 Å². The van der Waals surface area contributed by atoms with Crippen molar-refractivity contribution in [2.75, 3.05) is 6.54 Å². The number of carboxylic acids is 1. The van der Waals surface area contributed by atoms with Gasteiger partial charge in [-0.3, -0.25) is 9.59 Å². The molecule has 1 rings (SSSR count). The Morgan fingerprint density at radius 2 is 1.78 bits per heavy atom. The van der Waals surface area contributed by atoms with Crippen LogP contribution in [0.15, 0.2) is 30.3 Å². The Bertz CT molecular complexity index is 363. The molecule has 0 aliphatic rings. The van der Waals surface area contributed by atoms with E-state index in [1.165, 1.54) is 0 Å². The second-order valence-corrected chi connectivity index (χ2v) is 3.70. The maximum absolute atomic E-state index is 11.5. The van der Waals surface area contributed by atoms with Crippen molar-refractivity contribution in [3.63, 3.8) is 0 Å². The van der Waals surface area contributed by atoms with Gasteiger partial charge in [-0.25, -0.2) is 0 Å². The van der Waals surface area contributed by atoms with Crippen molar-refractivity contribution in [3.8, 4) is 0 Å². The number of carbonyl (C=O) groups excluding carboxylic acids is 1. The van der Waals surface area contributed by atoms with Crippen molar-refractivity contribution >= 4 is 11.9 Å². The highest BCUT2D eigenvalue weighted by Crippen LogP contribution is 2.07. The summed E-state index contributed by atoms with van der Waals surface area (Å²) in [5.74, 6) is -1.48. The van der Waals surface area contributed by atoms with Gasteiger partial charge in [0, 0.05) is 5.92 Å². The van der Waals surface area contributed by atoms with E-state index in [1.807, 2.05) is 44.2 Å². The predicted octanol–water partition coefficient (Wildman–Crippen LogP) is 2.09. The maximum atomic E-state index is 11.5. The van der Waals surface area contributed by atoms with Crippen LogP contribution in [0.3, 0.4) is 0 Å². The van der Waals surface area contributed by atoms with Crippen molar-refractivity contribution in [3.05, 3.63) is 35.9 Å². The van der Waals surface area contributed by atoms with Gasteiger partial charge in [0.1, 0.15) is 6.54 Å². The molecule has 0 heterocycles. The van der Waals surface area contributed by atoms with Gasteiger partial charge in [-0.1, -0.05) is 51.1 Å². The zero-order valence-electron chi connectivity index (χ0n) is 11.1. The Labute approximate surface area is 108 Å². The van der Waals surface area contributed by atoms with E-state index < -0.39 is 5.97 Å². The van der Waals surface area contributed by atoms with Gasteiger partial charge in [0.05, 0.1) is 0 Å². The number of hydrogen-bond acceptors (Lipinski definition) is 2. The average molecular weight is 251 g/mol. The van der Waals surface area contributed by atoms with Crippen molar-refractivity contribution in [1.82, 2.24) is 5.32 Å². The molecule has 2 N–H and O–H groups in total. The smallest absolute Gasteiger partial charge is 0.322 e. The molecule has 18 heavy (non-hydrogen) atoms. The van der Waals surface area contributed by atoms with E-state index in [4.69, 9.17) is 5.11 Å². The minimum atomic E-state index is -1.03. The number of carbonyl (C=O) groups is 2. The SMILES string of the molecule is CC.CC(Cc1ccccc1)C(=O)NCC(=O)O. The van der Waals surface area contributed by atoms with Gasteiger partial charge in [-0.15, -0.1) is 0 Å². The fourth-order valence-corrected chi connectivity index (χ4v) is 1.40. The standard InChI is InChI=1S/C12H15NO3.C2H6/c1-9(12(16)13-8-11(14)15)7-10-5-3-2-4-6-10;1-2/h2-6,9H,7-8H2,1H3,(H,13,16)(H,14,15);1-2H3. The molecule has 4 nitrogen and oxygen atoms in total. The molecule has 1 atom stereocenters. The monoisotopic (exact) mass is 251 g/mol. The zero-order valence-corrected chi connectivity index (χ0v) is 11.1. The lowest BCUT2D eigenvalue weighted by Gasteiger charge is -2.10. The van der Waals surface area contributed by atoms with Crippen LogP contribution >= 0.6 is 0 Å². The summed E-state index contributed by atoms with van der Waals surface area (Å²) in [6, 6.07) is 9.63. The molecule has 1 amide bonds. The van der Waals surface area contributed by atoms with Crippen LogP contribution in [0.2, 0.25) is 0 Å². The number of carboxylic acid groups (broad SMARTS) is 1. The minimum absolute atomic E-state index is 0.221. The first-order valence-corrected chi connectivity index (χ1v) is 6.13. The highest BCUT2D eigenvalue weighted by atomic mass is 16.4. The van der Waals surface area contributed by atoms with Crippen LogP contribution in [0.1, 0.15) is 26.3 Å². The second kappa shape index (κ2) is 9.22. The Morgan fingerprint density at radius 3 is 2.28 bits per heavy atom. The first-order chi connectivity index (χ1) is 8.59. The van der Waals surface area contributed by atoms with Crippen LogP contribution in [0.5, 0.6) is 0 Å². The summed E-state index contributed by atoms with van der Waals surface area (Å²) < 4.78 is 0. The van der Waals surface area contributed by atoms with Gasteiger partial charge in [-0.05, 0) is 12.0 Å². The molecule has 0 aromatic heterocycles. The van der Waals surface area contributed by atoms with Gasteiger partial charge >= 0.3 is 5.97 Å². The van der Waals surface area contributed by atoms with Crippen molar-refractivity contribution in [2.24, 2.45) is 5.92 Å². The largest absolute Gasteiger partial charge is 0.480 e. The number of hydrogen-bond donors (Lipinski definition) is 2. The Hall–Kier alpha value is -1.84. The molecule has 4 heteroatoms. The molecule has 0 saturated heterocycles. The predicted molar refractivity (Wildman–Crippen MR) is 71.3 cm³/mol. The van der Waals surface area contributed by atoms with Crippen molar-refractivity contribution in [1.29, 1.82) is 0 Å². The van der Waals surface area contributed by atoms with E-state index >= 15 is 0 Å². The van der Waals surface area contributed by atoms with E-state index in [0.717, 1.165) is 5.56 Å². The van der Waals surface area contributed by atoms with Crippen LogP contribution in [0, 0.1) is 5.92 Å². The lowest BCUT2D eigenvalue weighted by Crippen LogP contribution is -2.34. The zero-order chi connectivity index (χ0) is 14.0. The summed E-state index contributed by atoms with van der Waals surface area (Å²) >= 11 is 0. The summed E-state index contributed by atoms with van der Waals surface area (Å²) in [4.78, 5) is 21.7. The van der Waals surface area contributed by atoms with Gasteiger partial charge in [0.15, 0.2) is 0 Å². The molecule has 0 fully saturated rings. The van der Waals surface area contributed by atoms with Gasteiger partial charge < -0.3 is 10.4 Å².